The van der Waals surface area contributed by atoms with Crippen molar-refractivity contribution < 1.29 is 23.5 Å². The van der Waals surface area contributed by atoms with Crippen LogP contribution in [0.25, 0.3) is 0 Å². The van der Waals surface area contributed by atoms with E-state index in [-0.39, 0.29) is 23.1 Å². The average Bonchev–Trinajstić information content (AvgIpc) is 3.25. The van der Waals surface area contributed by atoms with E-state index < -0.39 is 18.0 Å². The van der Waals surface area contributed by atoms with Gasteiger partial charge >= 0.3 is 5.97 Å². The lowest BCUT2D eigenvalue weighted by Crippen LogP contribution is -2.36. The Labute approximate surface area is 163 Å². The van der Waals surface area contributed by atoms with Gasteiger partial charge in [0.25, 0.3) is 0 Å². The number of aromatic amines is 1. The Morgan fingerprint density at radius 3 is 2.25 bits per heavy atom. The number of aryl methyl sites for hydroxylation is 1. The quantitative estimate of drug-likeness (QED) is 0.597. The fraction of sp³-hybridized carbons (Fsp3) is 0.409. The minimum Gasteiger partial charge on any atom is -0.457 e. The van der Waals surface area contributed by atoms with Crippen molar-refractivity contribution in [3.8, 4) is 0 Å². The fourth-order valence-corrected chi connectivity index (χ4v) is 4.26. The second-order valence-electron chi connectivity index (χ2n) is 7.48. The van der Waals surface area contributed by atoms with Gasteiger partial charge in [0, 0.05) is 11.3 Å². The van der Waals surface area contributed by atoms with E-state index in [1.807, 2.05) is 0 Å². The van der Waals surface area contributed by atoms with Crippen molar-refractivity contribution in [1.29, 1.82) is 0 Å². The molecule has 0 spiro atoms. The van der Waals surface area contributed by atoms with Crippen molar-refractivity contribution in [3.05, 3.63) is 58.2 Å². The van der Waals surface area contributed by atoms with E-state index >= 15 is 0 Å². The van der Waals surface area contributed by atoms with Crippen LogP contribution in [-0.4, -0.2) is 29.1 Å². The van der Waals surface area contributed by atoms with Gasteiger partial charge in [-0.15, -0.1) is 0 Å². The van der Waals surface area contributed by atoms with Crippen molar-refractivity contribution >= 4 is 17.5 Å². The number of esters is 1. The summed E-state index contributed by atoms with van der Waals surface area (Å²) in [4.78, 5) is 40.2. The zero-order valence-corrected chi connectivity index (χ0v) is 16.4. The summed E-state index contributed by atoms with van der Waals surface area (Å²) < 4.78 is 18.7. The fourth-order valence-electron chi connectivity index (χ4n) is 4.26. The number of benzene rings is 1. The van der Waals surface area contributed by atoms with Crippen molar-refractivity contribution in [3.63, 3.8) is 0 Å². The van der Waals surface area contributed by atoms with Crippen LogP contribution in [-0.2, 0) is 14.9 Å². The summed E-state index contributed by atoms with van der Waals surface area (Å²) >= 11 is 0. The third-order valence-corrected chi connectivity index (χ3v) is 5.65. The lowest BCUT2D eigenvalue weighted by molar-refractivity contribution is -0.149. The molecule has 1 N–H and O–H groups in total. The number of carbonyl (C=O) groups excluding carboxylic acids is 3. The molecular formula is C22H24FNO4. The van der Waals surface area contributed by atoms with Gasteiger partial charge in [-0.25, -0.2) is 4.39 Å². The molecule has 0 aliphatic heterocycles. The molecule has 1 fully saturated rings. The van der Waals surface area contributed by atoms with Gasteiger partial charge in [-0.3, -0.25) is 14.4 Å². The van der Waals surface area contributed by atoms with Gasteiger partial charge in [0.1, 0.15) is 5.82 Å². The second kappa shape index (κ2) is 7.70. The van der Waals surface area contributed by atoms with Crippen LogP contribution in [0.5, 0.6) is 0 Å². The summed E-state index contributed by atoms with van der Waals surface area (Å²) in [6.45, 7) is 4.48. The maximum Gasteiger partial charge on any atom is 0.317 e. The summed E-state index contributed by atoms with van der Waals surface area (Å²) in [5.74, 6) is -1.32. The van der Waals surface area contributed by atoms with Crippen LogP contribution in [0, 0.1) is 19.7 Å². The standard InChI is InChI=1S/C22H24FNO4/c1-13-19(15(3)25)14(2)24-20(13)18(26)12-28-21(27)22(10-4-5-11-22)16-6-8-17(23)9-7-16/h6-9,24H,4-5,10-12H2,1-3H3. The molecule has 0 atom stereocenters. The summed E-state index contributed by atoms with van der Waals surface area (Å²) in [6, 6.07) is 5.90. The smallest absolute Gasteiger partial charge is 0.317 e. The summed E-state index contributed by atoms with van der Waals surface area (Å²) in [5.41, 5.74) is 1.86. The predicted octanol–water partition coefficient (Wildman–Crippen LogP) is 4.21. The number of ether oxygens (including phenoxy) is 1. The topological polar surface area (TPSA) is 76.2 Å². The van der Waals surface area contributed by atoms with Gasteiger partial charge in [0.15, 0.2) is 12.4 Å². The van der Waals surface area contributed by atoms with E-state index in [4.69, 9.17) is 4.74 Å². The lowest BCUT2D eigenvalue weighted by atomic mass is 9.79. The highest BCUT2D eigenvalue weighted by atomic mass is 19.1. The van der Waals surface area contributed by atoms with E-state index in [2.05, 4.69) is 4.98 Å². The third kappa shape index (κ3) is 3.51. The third-order valence-electron chi connectivity index (χ3n) is 5.65. The molecule has 2 aromatic rings. The van der Waals surface area contributed by atoms with Crippen LogP contribution in [0.1, 0.15) is 70.3 Å². The molecule has 28 heavy (non-hydrogen) atoms. The molecular weight excluding hydrogens is 361 g/mol. The second-order valence-corrected chi connectivity index (χ2v) is 7.48. The van der Waals surface area contributed by atoms with Crippen molar-refractivity contribution in [2.24, 2.45) is 0 Å². The molecule has 3 rings (SSSR count). The highest BCUT2D eigenvalue weighted by Gasteiger charge is 2.44. The maximum absolute atomic E-state index is 13.3. The molecule has 1 aliphatic carbocycles. The van der Waals surface area contributed by atoms with Crippen molar-refractivity contribution in [1.82, 2.24) is 4.98 Å². The van der Waals surface area contributed by atoms with Crippen LogP contribution < -0.4 is 0 Å². The minimum atomic E-state index is -0.834. The monoisotopic (exact) mass is 385 g/mol. The number of aromatic nitrogens is 1. The normalized spacial score (nSPS) is 15.4. The first-order chi connectivity index (χ1) is 13.3. The zero-order chi connectivity index (χ0) is 20.5. The molecule has 5 nitrogen and oxygen atoms in total. The first kappa shape index (κ1) is 20.0. The SMILES string of the molecule is CC(=O)c1c(C)[nH]c(C(=O)COC(=O)C2(c3ccc(F)cc3)CCCC2)c1C. The van der Waals surface area contributed by atoms with Crippen molar-refractivity contribution in [2.75, 3.05) is 6.61 Å². The van der Waals surface area contributed by atoms with E-state index in [0.717, 1.165) is 18.4 Å². The van der Waals surface area contributed by atoms with E-state index in [9.17, 15) is 18.8 Å². The number of hydrogen-bond acceptors (Lipinski definition) is 4. The van der Waals surface area contributed by atoms with Crippen LogP contribution in [0.15, 0.2) is 24.3 Å². The number of hydrogen-bond donors (Lipinski definition) is 1. The molecule has 1 saturated carbocycles. The molecule has 0 unspecified atom stereocenters. The number of halogens is 1. The molecule has 0 saturated heterocycles. The van der Waals surface area contributed by atoms with Gasteiger partial charge in [-0.05, 0) is 56.9 Å². The zero-order valence-electron chi connectivity index (χ0n) is 16.4. The molecule has 1 aromatic heterocycles. The largest absolute Gasteiger partial charge is 0.457 e. The molecule has 1 aromatic carbocycles. The van der Waals surface area contributed by atoms with Crippen LogP contribution in [0.2, 0.25) is 0 Å². The van der Waals surface area contributed by atoms with Crippen molar-refractivity contribution in [2.45, 2.75) is 51.9 Å². The number of carbonyl (C=O) groups is 3. The Bertz CT molecular complexity index is 921. The van der Waals surface area contributed by atoms with E-state index in [0.29, 0.717) is 29.7 Å². The number of ketones is 2. The number of H-pyrrole nitrogens is 1. The van der Waals surface area contributed by atoms with Gasteiger partial charge in [-0.2, -0.15) is 0 Å². The minimum absolute atomic E-state index is 0.122. The first-order valence-corrected chi connectivity index (χ1v) is 9.43. The van der Waals surface area contributed by atoms with Gasteiger partial charge in [0.2, 0.25) is 5.78 Å². The van der Waals surface area contributed by atoms with Crippen LogP contribution in [0.3, 0.4) is 0 Å². The molecule has 1 heterocycles. The summed E-state index contributed by atoms with van der Waals surface area (Å²) in [5, 5.41) is 0. The number of rotatable bonds is 6. The van der Waals surface area contributed by atoms with E-state index in [1.54, 1.807) is 26.0 Å². The molecule has 148 valence electrons. The Morgan fingerprint density at radius 2 is 1.71 bits per heavy atom. The Morgan fingerprint density at radius 1 is 1.11 bits per heavy atom. The van der Waals surface area contributed by atoms with E-state index in [1.165, 1.54) is 19.1 Å². The Balaban J connectivity index is 1.77. The Hall–Kier alpha value is -2.76. The lowest BCUT2D eigenvalue weighted by Gasteiger charge is -2.27. The van der Waals surface area contributed by atoms with Gasteiger partial charge in [-0.1, -0.05) is 25.0 Å². The van der Waals surface area contributed by atoms with Crippen LogP contribution in [0.4, 0.5) is 4.39 Å². The van der Waals surface area contributed by atoms with Crippen LogP contribution >= 0.6 is 0 Å². The summed E-state index contributed by atoms with van der Waals surface area (Å²) in [6.07, 6.45) is 2.97. The molecule has 6 heteroatoms. The summed E-state index contributed by atoms with van der Waals surface area (Å²) in [7, 11) is 0. The highest BCUT2D eigenvalue weighted by Crippen LogP contribution is 2.42. The number of nitrogens with one attached hydrogen (secondary N) is 1. The van der Waals surface area contributed by atoms with Gasteiger partial charge in [0.05, 0.1) is 11.1 Å². The molecule has 0 radical (unpaired) electrons. The predicted molar refractivity (Wildman–Crippen MR) is 102 cm³/mol. The average molecular weight is 385 g/mol. The van der Waals surface area contributed by atoms with Gasteiger partial charge < -0.3 is 9.72 Å². The first-order valence-electron chi connectivity index (χ1n) is 9.43. The number of Topliss-reactive ketones (excluding diaryl/α,β-unsaturated/α-hetero) is 2. The Kier molecular flexibility index (Phi) is 5.49. The highest BCUT2D eigenvalue weighted by molar-refractivity contribution is 6.04. The molecule has 0 amide bonds. The maximum atomic E-state index is 13.3. The molecule has 1 aliphatic rings. The molecule has 0 bridgehead atoms.